The van der Waals surface area contributed by atoms with E-state index < -0.39 is 12.4 Å². The van der Waals surface area contributed by atoms with Crippen molar-refractivity contribution in [3.8, 4) is 0 Å². The summed E-state index contributed by atoms with van der Waals surface area (Å²) >= 11 is 6.29. The van der Waals surface area contributed by atoms with E-state index in [1.165, 1.54) is 15.9 Å². The van der Waals surface area contributed by atoms with Gasteiger partial charge in [0.25, 0.3) is 0 Å². The van der Waals surface area contributed by atoms with E-state index in [9.17, 15) is 4.79 Å². The van der Waals surface area contributed by atoms with Crippen molar-refractivity contribution in [3.05, 3.63) is 119 Å². The number of carbonyl (C=O) groups excluding carboxylic acids is 1. The number of amides is 1. The maximum absolute atomic E-state index is 14.6. The first kappa shape index (κ1) is 23.8. The van der Waals surface area contributed by atoms with Crippen LogP contribution in [-0.4, -0.2) is 11.1 Å². The molecule has 4 aromatic rings. The van der Waals surface area contributed by atoms with Gasteiger partial charge in [-0.2, -0.15) is 0 Å². The van der Waals surface area contributed by atoms with Crippen LogP contribution in [0.5, 0.6) is 0 Å². The molecule has 1 aliphatic carbocycles. The molecule has 0 bridgehead atoms. The van der Waals surface area contributed by atoms with E-state index in [1.807, 2.05) is 26.0 Å². The molecule has 1 aliphatic rings. The molecule has 0 aliphatic heterocycles. The Morgan fingerprint density at radius 3 is 1.49 bits per heavy atom. The predicted molar refractivity (Wildman–Crippen MR) is 153 cm³/mol. The summed E-state index contributed by atoms with van der Waals surface area (Å²) < 4.78 is 0. The Morgan fingerprint density at radius 2 is 1.14 bits per heavy atom. The summed E-state index contributed by atoms with van der Waals surface area (Å²) in [6, 6.07) is 36.1. The van der Waals surface area contributed by atoms with Crippen LogP contribution in [0.4, 0.5) is 5.69 Å². The van der Waals surface area contributed by atoms with Gasteiger partial charge in [-0.05, 0) is 0 Å². The Labute approximate surface area is 213 Å². The number of carbonyl (C=O) groups is 1. The molecule has 2 nitrogen and oxygen atoms in total. The first-order valence-electron chi connectivity index (χ1n) is 12.2. The Balaban J connectivity index is 1.77. The van der Waals surface area contributed by atoms with Gasteiger partial charge in [-0.15, -0.1) is 0 Å². The Hall–Kier alpha value is -2.93. The van der Waals surface area contributed by atoms with Gasteiger partial charge in [0.2, 0.25) is 0 Å². The van der Waals surface area contributed by atoms with Crippen molar-refractivity contribution >= 4 is 46.4 Å². The van der Waals surface area contributed by atoms with Crippen LogP contribution in [0, 0.1) is 13.8 Å². The molecule has 0 spiro atoms. The Bertz CT molecular complexity index is 1210. The molecule has 0 atom stereocenters. The number of anilines is 1. The van der Waals surface area contributed by atoms with Crippen LogP contribution in [0.1, 0.15) is 30.4 Å². The van der Waals surface area contributed by atoms with Crippen molar-refractivity contribution in [2.75, 3.05) is 5.32 Å². The molecule has 0 aromatic heterocycles. The van der Waals surface area contributed by atoms with Gasteiger partial charge in [0.15, 0.2) is 0 Å². The van der Waals surface area contributed by atoms with Gasteiger partial charge in [0.1, 0.15) is 0 Å². The van der Waals surface area contributed by atoms with Gasteiger partial charge >= 0.3 is 214 Å². The second-order valence-corrected chi connectivity index (χ2v) is 14.3. The van der Waals surface area contributed by atoms with Gasteiger partial charge in [-0.1, -0.05) is 0 Å². The van der Waals surface area contributed by atoms with Gasteiger partial charge in [0.05, 0.1) is 0 Å². The fourth-order valence-electron chi connectivity index (χ4n) is 6.04. The zero-order chi connectivity index (χ0) is 24.5. The molecule has 4 heteroatoms. The predicted octanol–water partition coefficient (Wildman–Crippen LogP) is 6.54. The molecule has 0 unspecified atom stereocenters. The number of hydrogen-bond donors (Lipinski definition) is 1. The van der Waals surface area contributed by atoms with E-state index >= 15 is 0 Å². The van der Waals surface area contributed by atoms with Crippen molar-refractivity contribution in [2.24, 2.45) is 0 Å². The molecule has 0 heterocycles. The molecular formula is C31H31ClNOP. The molecule has 4 aromatic carbocycles. The van der Waals surface area contributed by atoms with Crippen LogP contribution < -0.4 is 21.2 Å². The van der Waals surface area contributed by atoms with Gasteiger partial charge in [-0.3, -0.25) is 0 Å². The molecule has 0 saturated heterocycles. The van der Waals surface area contributed by atoms with Gasteiger partial charge in [0, 0.05) is 0 Å². The van der Waals surface area contributed by atoms with E-state index in [0.717, 1.165) is 36.1 Å². The second kappa shape index (κ2) is 9.61. The van der Waals surface area contributed by atoms with Gasteiger partial charge in [-0.25, -0.2) is 0 Å². The molecule has 1 N–H and O–H groups in total. The standard InChI is InChI=1S/C31H31ClNOP/c1-23-21-25(32)22-24(2)29(23)33-30(34)31(19-12-20-31)35(26-13-6-3-7-14-26,27-15-8-4-9-16-27)28-17-10-5-11-18-28/h3-11,13-18,21-22,35H,12,19-20H2,1-2H3,(H,33,34). The Morgan fingerprint density at radius 1 is 0.743 bits per heavy atom. The van der Waals surface area contributed by atoms with Crippen LogP contribution >= 0.6 is 18.9 Å². The first-order valence-corrected chi connectivity index (χ1v) is 14.6. The molecule has 0 radical (unpaired) electrons. The van der Waals surface area contributed by atoms with E-state index in [0.29, 0.717) is 5.02 Å². The quantitative estimate of drug-likeness (QED) is 0.300. The fraction of sp³-hybridized carbons (Fsp3) is 0.194. The average Bonchev–Trinajstić information content (AvgIpc) is 2.85. The summed E-state index contributed by atoms with van der Waals surface area (Å²) in [4.78, 5) is 14.6. The SMILES string of the molecule is Cc1cc(Cl)cc(C)c1NC(=O)C1([PH](c2ccccc2)(c2ccccc2)c2ccccc2)CCC1. The zero-order valence-electron chi connectivity index (χ0n) is 20.2. The summed E-state index contributed by atoms with van der Waals surface area (Å²) in [5.74, 6) is 0.125. The number of benzene rings is 4. The van der Waals surface area contributed by atoms with E-state index in [1.54, 1.807) is 0 Å². The second-order valence-electron chi connectivity index (χ2n) is 9.65. The minimum atomic E-state index is -2.79. The molecule has 35 heavy (non-hydrogen) atoms. The summed E-state index contributed by atoms with van der Waals surface area (Å²) in [6.07, 6.45) is 2.79. The van der Waals surface area contributed by atoms with Crippen molar-refractivity contribution in [1.29, 1.82) is 0 Å². The normalized spacial score (nSPS) is 15.2. The third-order valence-corrected chi connectivity index (χ3v) is 13.7. The van der Waals surface area contributed by atoms with Crippen molar-refractivity contribution in [1.82, 2.24) is 0 Å². The van der Waals surface area contributed by atoms with Crippen LogP contribution in [0.2, 0.25) is 5.02 Å². The molecule has 5 rings (SSSR count). The molecule has 1 saturated carbocycles. The average molecular weight is 500 g/mol. The Kier molecular flexibility index (Phi) is 6.53. The summed E-state index contributed by atoms with van der Waals surface area (Å²) in [5.41, 5.74) is 2.86. The molecule has 178 valence electrons. The number of hydrogen-bond acceptors (Lipinski definition) is 1. The first-order chi connectivity index (χ1) is 17.0. The molecule has 1 fully saturated rings. The van der Waals surface area contributed by atoms with Crippen LogP contribution in [0.25, 0.3) is 0 Å². The third kappa shape index (κ3) is 3.90. The van der Waals surface area contributed by atoms with Crippen molar-refractivity contribution < 1.29 is 4.79 Å². The van der Waals surface area contributed by atoms with Gasteiger partial charge < -0.3 is 0 Å². The molecule has 1 amide bonds. The topological polar surface area (TPSA) is 29.1 Å². The number of halogens is 1. The van der Waals surface area contributed by atoms with E-state index in [4.69, 9.17) is 11.6 Å². The summed E-state index contributed by atoms with van der Waals surface area (Å²) in [6.45, 7) is 4.02. The summed E-state index contributed by atoms with van der Waals surface area (Å²) in [7, 11) is -2.79. The van der Waals surface area contributed by atoms with Crippen LogP contribution in [0.3, 0.4) is 0 Å². The molecular weight excluding hydrogens is 469 g/mol. The van der Waals surface area contributed by atoms with E-state index in [2.05, 4.69) is 96.3 Å². The van der Waals surface area contributed by atoms with Crippen molar-refractivity contribution in [2.45, 2.75) is 38.3 Å². The number of aryl methyl sites for hydroxylation is 2. The van der Waals surface area contributed by atoms with Crippen molar-refractivity contribution in [3.63, 3.8) is 0 Å². The number of nitrogens with one attached hydrogen (secondary N) is 1. The maximum atomic E-state index is 14.6. The monoisotopic (exact) mass is 499 g/mol. The summed E-state index contributed by atoms with van der Waals surface area (Å²) in [5, 5.41) is 7.41. The zero-order valence-corrected chi connectivity index (χ0v) is 22.0. The van der Waals surface area contributed by atoms with Crippen LogP contribution in [-0.2, 0) is 4.79 Å². The van der Waals surface area contributed by atoms with Crippen LogP contribution in [0.15, 0.2) is 103 Å². The fourth-order valence-corrected chi connectivity index (χ4v) is 12.6. The third-order valence-electron chi connectivity index (χ3n) is 7.72. The minimum absolute atomic E-state index is 0.125. The number of rotatable bonds is 6. The van der Waals surface area contributed by atoms with E-state index in [-0.39, 0.29) is 5.91 Å².